The number of carbonyl (C=O) groups is 1. The number of amides is 1. The van der Waals surface area contributed by atoms with Crippen LogP contribution in [0.1, 0.15) is 13.8 Å². The quantitative estimate of drug-likeness (QED) is 0.669. The SMILES string of the molecule is CCN(CC)C(=O)C(CF)C(F)(F)F.FCC(F)(F)C(F)(F)F. The summed E-state index contributed by atoms with van der Waals surface area (Å²) in [6, 6.07) is 0. The van der Waals surface area contributed by atoms with Gasteiger partial charge in [-0.15, -0.1) is 0 Å². The highest BCUT2D eigenvalue weighted by Gasteiger charge is 2.57. The van der Waals surface area contributed by atoms with E-state index >= 15 is 0 Å². The Bertz CT molecular complexity index is 348. The van der Waals surface area contributed by atoms with Crippen molar-refractivity contribution in [2.75, 3.05) is 26.4 Å². The zero-order valence-corrected chi connectivity index (χ0v) is 12.0. The molecule has 1 unspecified atom stereocenters. The lowest BCUT2D eigenvalue weighted by Crippen LogP contribution is -2.43. The summed E-state index contributed by atoms with van der Waals surface area (Å²) in [6.07, 6.45) is -10.6. The molecule has 1 amide bonds. The lowest BCUT2D eigenvalue weighted by Gasteiger charge is -2.24. The largest absolute Gasteiger partial charge is 0.456 e. The molecule has 140 valence electrons. The molecule has 0 aromatic heterocycles. The molecular weight excluding hydrogens is 352 g/mol. The minimum atomic E-state index is -5.76. The molecule has 0 aromatic rings. The predicted molar refractivity (Wildman–Crippen MR) is 60.4 cm³/mol. The van der Waals surface area contributed by atoms with Gasteiger partial charge in [-0.3, -0.25) is 4.79 Å². The van der Waals surface area contributed by atoms with E-state index in [-0.39, 0.29) is 13.1 Å². The summed E-state index contributed by atoms with van der Waals surface area (Å²) in [7, 11) is 0. The number of rotatable bonds is 5. The van der Waals surface area contributed by atoms with Gasteiger partial charge in [0, 0.05) is 13.1 Å². The standard InChI is InChI=1S/C8H13F4NO.C3H2F6/c1-3-13(4-2)7(14)6(5-9)8(10,11)12;4-1-2(5,6)3(7,8)9/h6H,3-5H2,1-2H3;1H2. The van der Waals surface area contributed by atoms with Gasteiger partial charge in [-0.2, -0.15) is 35.1 Å². The van der Waals surface area contributed by atoms with Crippen LogP contribution in [0.5, 0.6) is 0 Å². The van der Waals surface area contributed by atoms with Crippen molar-refractivity contribution in [2.24, 2.45) is 5.92 Å². The summed E-state index contributed by atoms with van der Waals surface area (Å²) in [5, 5.41) is 0. The number of hydrogen-bond donors (Lipinski definition) is 0. The molecule has 0 bridgehead atoms. The van der Waals surface area contributed by atoms with Crippen molar-refractivity contribution in [1.82, 2.24) is 4.90 Å². The van der Waals surface area contributed by atoms with Gasteiger partial charge in [-0.1, -0.05) is 0 Å². The van der Waals surface area contributed by atoms with E-state index in [1.165, 1.54) is 0 Å². The van der Waals surface area contributed by atoms with Gasteiger partial charge in [0.1, 0.15) is 6.67 Å². The molecular formula is C11H15F10NO. The minimum absolute atomic E-state index is 0.155. The molecule has 12 heteroatoms. The second-order valence-corrected chi connectivity index (χ2v) is 4.09. The van der Waals surface area contributed by atoms with Crippen molar-refractivity contribution >= 4 is 5.91 Å². The van der Waals surface area contributed by atoms with Crippen molar-refractivity contribution in [2.45, 2.75) is 32.1 Å². The predicted octanol–water partition coefficient (Wildman–Crippen LogP) is 4.16. The first kappa shape index (κ1) is 24.0. The Balaban J connectivity index is 0. The molecule has 0 spiro atoms. The van der Waals surface area contributed by atoms with E-state index in [0.717, 1.165) is 4.90 Å². The van der Waals surface area contributed by atoms with E-state index < -0.39 is 43.4 Å². The van der Waals surface area contributed by atoms with Crippen molar-refractivity contribution in [3.05, 3.63) is 0 Å². The highest BCUT2D eigenvalue weighted by atomic mass is 19.4. The Kier molecular flexibility index (Phi) is 9.57. The van der Waals surface area contributed by atoms with E-state index in [9.17, 15) is 48.7 Å². The number of nitrogens with zero attached hydrogens (tertiary/aromatic N) is 1. The van der Waals surface area contributed by atoms with Gasteiger partial charge in [0.2, 0.25) is 5.91 Å². The fourth-order valence-corrected chi connectivity index (χ4v) is 1.12. The molecule has 0 aliphatic carbocycles. The molecule has 0 saturated heterocycles. The fourth-order valence-electron chi connectivity index (χ4n) is 1.12. The van der Waals surface area contributed by atoms with Crippen molar-refractivity contribution in [3.63, 3.8) is 0 Å². The number of alkyl halides is 10. The lowest BCUT2D eigenvalue weighted by molar-refractivity contribution is -0.286. The Morgan fingerprint density at radius 2 is 1.30 bits per heavy atom. The fraction of sp³-hybridized carbons (Fsp3) is 0.909. The topological polar surface area (TPSA) is 20.3 Å². The third-order valence-corrected chi connectivity index (χ3v) is 2.51. The van der Waals surface area contributed by atoms with Crippen LogP contribution in [0.25, 0.3) is 0 Å². The van der Waals surface area contributed by atoms with E-state index in [2.05, 4.69) is 0 Å². The van der Waals surface area contributed by atoms with Crippen LogP contribution in [-0.2, 0) is 4.79 Å². The van der Waals surface area contributed by atoms with Crippen molar-refractivity contribution in [1.29, 1.82) is 0 Å². The van der Waals surface area contributed by atoms with E-state index in [4.69, 9.17) is 0 Å². The van der Waals surface area contributed by atoms with Crippen molar-refractivity contribution < 1.29 is 48.7 Å². The summed E-state index contributed by atoms with van der Waals surface area (Å²) in [4.78, 5) is 12.1. The zero-order valence-electron chi connectivity index (χ0n) is 12.0. The highest BCUT2D eigenvalue weighted by molar-refractivity contribution is 5.79. The van der Waals surface area contributed by atoms with Crippen molar-refractivity contribution in [3.8, 4) is 0 Å². The molecule has 23 heavy (non-hydrogen) atoms. The van der Waals surface area contributed by atoms with Crippen LogP contribution in [-0.4, -0.2) is 55.5 Å². The van der Waals surface area contributed by atoms with Crippen LogP contribution in [0.4, 0.5) is 43.9 Å². The number of carbonyl (C=O) groups excluding carboxylic acids is 1. The van der Waals surface area contributed by atoms with Gasteiger partial charge in [0.25, 0.3) is 0 Å². The Hall–Kier alpha value is -1.23. The summed E-state index contributed by atoms with van der Waals surface area (Å²) in [5.74, 6) is -8.89. The van der Waals surface area contributed by atoms with Gasteiger partial charge in [-0.05, 0) is 13.8 Å². The van der Waals surface area contributed by atoms with E-state index in [1.807, 2.05) is 0 Å². The maximum atomic E-state index is 12.1. The first-order chi connectivity index (χ1) is 10.2. The molecule has 0 heterocycles. The first-order valence-electron chi connectivity index (χ1n) is 6.11. The first-order valence-corrected chi connectivity index (χ1v) is 6.11. The van der Waals surface area contributed by atoms with Crippen LogP contribution >= 0.6 is 0 Å². The third kappa shape index (κ3) is 7.73. The average Bonchev–Trinajstić information content (AvgIpc) is 2.38. The molecule has 0 aliphatic heterocycles. The summed E-state index contributed by atoms with van der Waals surface area (Å²) in [6.45, 7) is -0.987. The molecule has 0 aliphatic rings. The summed E-state index contributed by atoms with van der Waals surface area (Å²) in [5.41, 5.74) is 0. The monoisotopic (exact) mass is 367 g/mol. The van der Waals surface area contributed by atoms with Gasteiger partial charge in [0.05, 0.1) is 0 Å². The maximum absolute atomic E-state index is 12.1. The number of hydrogen-bond acceptors (Lipinski definition) is 1. The number of halogens is 10. The van der Waals surface area contributed by atoms with E-state index in [1.54, 1.807) is 13.8 Å². The molecule has 0 rings (SSSR count). The normalized spacial score (nSPS) is 13.9. The molecule has 2 nitrogen and oxygen atoms in total. The van der Waals surface area contributed by atoms with Gasteiger partial charge in [-0.25, -0.2) is 8.78 Å². The molecule has 0 fully saturated rings. The van der Waals surface area contributed by atoms with Crippen LogP contribution in [0.2, 0.25) is 0 Å². The molecule has 0 radical (unpaired) electrons. The van der Waals surface area contributed by atoms with E-state index in [0.29, 0.717) is 0 Å². The second kappa shape index (κ2) is 9.16. The summed E-state index contributed by atoms with van der Waals surface area (Å²) < 4.78 is 114. The van der Waals surface area contributed by atoms with Crippen LogP contribution < -0.4 is 0 Å². The lowest BCUT2D eigenvalue weighted by atomic mass is 10.1. The van der Waals surface area contributed by atoms with Crippen LogP contribution in [0, 0.1) is 5.92 Å². The van der Waals surface area contributed by atoms with Gasteiger partial charge >= 0.3 is 18.3 Å². The van der Waals surface area contributed by atoms with Crippen LogP contribution in [0.3, 0.4) is 0 Å². The molecule has 0 saturated carbocycles. The molecule has 0 aromatic carbocycles. The Labute approximate surface area is 125 Å². The molecule has 0 N–H and O–H groups in total. The average molecular weight is 367 g/mol. The van der Waals surface area contributed by atoms with Crippen LogP contribution in [0.15, 0.2) is 0 Å². The third-order valence-electron chi connectivity index (χ3n) is 2.51. The Morgan fingerprint density at radius 3 is 1.43 bits per heavy atom. The maximum Gasteiger partial charge on any atom is 0.456 e. The highest BCUT2D eigenvalue weighted by Crippen LogP contribution is 2.35. The zero-order chi connectivity index (χ0) is 19.1. The summed E-state index contributed by atoms with van der Waals surface area (Å²) >= 11 is 0. The van der Waals surface area contributed by atoms with Gasteiger partial charge in [0.15, 0.2) is 12.6 Å². The van der Waals surface area contributed by atoms with Gasteiger partial charge < -0.3 is 4.90 Å². The molecule has 1 atom stereocenters. The second-order valence-electron chi connectivity index (χ2n) is 4.09. The smallest absolute Gasteiger partial charge is 0.343 e. The minimum Gasteiger partial charge on any atom is -0.343 e. The Morgan fingerprint density at radius 1 is 0.913 bits per heavy atom.